The second-order valence-electron chi connectivity index (χ2n) is 16.5. The van der Waals surface area contributed by atoms with Crippen molar-refractivity contribution >= 4 is 21.9 Å². The van der Waals surface area contributed by atoms with Gasteiger partial charge in [0.2, 0.25) is 0 Å². The predicted molar refractivity (Wildman–Crippen MR) is 240 cm³/mol. The third kappa shape index (κ3) is 4.88. The van der Waals surface area contributed by atoms with Crippen LogP contribution in [0.5, 0.6) is 0 Å². The molecule has 0 bridgehead atoms. The van der Waals surface area contributed by atoms with Gasteiger partial charge in [0.25, 0.3) is 0 Å². The van der Waals surface area contributed by atoms with Crippen LogP contribution in [0.25, 0.3) is 78.1 Å². The Kier molecular flexibility index (Phi) is 7.19. The van der Waals surface area contributed by atoms with E-state index in [-0.39, 0.29) is 5.41 Å². The van der Waals surface area contributed by atoms with Crippen LogP contribution in [0.4, 0.5) is 0 Å². The van der Waals surface area contributed by atoms with Crippen molar-refractivity contribution in [3.63, 3.8) is 0 Å². The molecule has 3 heteroatoms. The summed E-state index contributed by atoms with van der Waals surface area (Å²) in [5.41, 5.74) is 19.0. The Morgan fingerprint density at radius 3 is 1.66 bits per heavy atom. The van der Waals surface area contributed by atoms with Crippen molar-refractivity contribution in [3.8, 4) is 56.2 Å². The van der Waals surface area contributed by atoms with Crippen LogP contribution >= 0.6 is 0 Å². The maximum atomic E-state index is 6.30. The van der Waals surface area contributed by atoms with E-state index in [0.717, 1.165) is 55.6 Å². The van der Waals surface area contributed by atoms with Crippen LogP contribution in [-0.2, 0) is 10.8 Å². The molecule has 1 spiro atoms. The molecule has 0 amide bonds. The lowest BCUT2D eigenvalue weighted by Gasteiger charge is -2.46. The van der Waals surface area contributed by atoms with Gasteiger partial charge >= 0.3 is 0 Å². The van der Waals surface area contributed by atoms with Gasteiger partial charge in [-0.2, -0.15) is 0 Å². The van der Waals surface area contributed by atoms with Crippen LogP contribution in [-0.4, -0.2) is 9.97 Å². The molecule has 0 atom stereocenters. The first-order valence-electron chi connectivity index (χ1n) is 20.4. The van der Waals surface area contributed by atoms with E-state index in [1.807, 2.05) is 30.3 Å². The molecule has 2 aromatic heterocycles. The number of para-hydroxylation sites is 1. The summed E-state index contributed by atoms with van der Waals surface area (Å²) in [6.07, 6.45) is 0. The summed E-state index contributed by atoms with van der Waals surface area (Å²) in [7, 11) is 0. The lowest BCUT2D eigenvalue weighted by Crippen LogP contribution is -2.40. The molecule has 8 aromatic carbocycles. The van der Waals surface area contributed by atoms with E-state index in [2.05, 4.69) is 178 Å². The molecule has 0 fully saturated rings. The molecule has 12 rings (SSSR count). The summed E-state index contributed by atoms with van der Waals surface area (Å²) in [5.74, 6) is 0.684. The largest absolute Gasteiger partial charge is 0.456 e. The van der Waals surface area contributed by atoms with Gasteiger partial charge in [0.05, 0.1) is 16.8 Å². The van der Waals surface area contributed by atoms with Gasteiger partial charge in [0.15, 0.2) is 5.82 Å². The van der Waals surface area contributed by atoms with Crippen molar-refractivity contribution in [1.82, 2.24) is 9.97 Å². The Bertz CT molecular complexity index is 3270. The van der Waals surface area contributed by atoms with Crippen molar-refractivity contribution in [2.75, 3.05) is 0 Å². The summed E-state index contributed by atoms with van der Waals surface area (Å²) in [6.45, 7) is 4.75. The highest BCUT2D eigenvalue weighted by molar-refractivity contribution is 6.06. The van der Waals surface area contributed by atoms with E-state index >= 15 is 0 Å². The van der Waals surface area contributed by atoms with Crippen molar-refractivity contribution in [2.24, 2.45) is 0 Å². The average molecular weight is 755 g/mol. The van der Waals surface area contributed by atoms with E-state index in [4.69, 9.17) is 14.4 Å². The highest BCUT2D eigenvalue weighted by atomic mass is 16.3. The highest BCUT2D eigenvalue weighted by Crippen LogP contribution is 2.62. The van der Waals surface area contributed by atoms with Crippen molar-refractivity contribution in [3.05, 3.63) is 228 Å². The van der Waals surface area contributed by atoms with E-state index in [9.17, 15) is 0 Å². The Morgan fingerprint density at radius 1 is 0.356 bits per heavy atom. The predicted octanol–water partition coefficient (Wildman–Crippen LogP) is 14.0. The standard InChI is InChI=1S/C56H38N2O/c1-55(2)46-22-9-11-24-48(46)56(49-25-12-10-23-47(49)55)44-21-8-6-19-40(44)43-32-37(28-30-45(43)56)36-17-14-18-38(31-36)50-34-51(58-54(57-50)35-15-4-3-5-16-35)39-27-29-42-41-20-7-13-26-52(41)59-53(42)33-39/h3-34H,1-2H3. The third-order valence-electron chi connectivity index (χ3n) is 13.0. The first-order valence-corrected chi connectivity index (χ1v) is 20.4. The van der Waals surface area contributed by atoms with Gasteiger partial charge in [-0.1, -0.05) is 172 Å². The molecule has 0 unspecified atom stereocenters. The number of furan rings is 1. The fourth-order valence-corrected chi connectivity index (χ4v) is 10.2. The van der Waals surface area contributed by atoms with Crippen molar-refractivity contribution < 1.29 is 4.42 Å². The molecular weight excluding hydrogens is 717 g/mol. The zero-order valence-electron chi connectivity index (χ0n) is 32.8. The topological polar surface area (TPSA) is 38.9 Å². The normalized spacial score (nSPS) is 14.2. The second-order valence-corrected chi connectivity index (χ2v) is 16.5. The average Bonchev–Trinajstić information content (AvgIpc) is 3.82. The lowest BCUT2D eigenvalue weighted by atomic mass is 9.55. The van der Waals surface area contributed by atoms with Crippen LogP contribution in [0.15, 0.2) is 199 Å². The molecule has 0 N–H and O–H groups in total. The molecule has 278 valence electrons. The van der Waals surface area contributed by atoms with Crippen LogP contribution < -0.4 is 0 Å². The third-order valence-corrected chi connectivity index (χ3v) is 13.0. The molecule has 0 aliphatic heterocycles. The smallest absolute Gasteiger partial charge is 0.160 e. The SMILES string of the molecule is CC1(C)c2ccccc2C2(c3ccccc3-c3cc(-c4cccc(-c5cc(-c6ccc7c(c6)oc6ccccc67)nc(-c6ccccc6)n5)c4)ccc32)c2ccccc21. The van der Waals surface area contributed by atoms with E-state index in [0.29, 0.717) is 5.82 Å². The Hall–Kier alpha value is -7.36. The van der Waals surface area contributed by atoms with E-state index < -0.39 is 5.41 Å². The number of rotatable bonds is 4. The Balaban J connectivity index is 1.01. The number of fused-ring (bicyclic) bond motifs is 12. The minimum Gasteiger partial charge on any atom is -0.456 e. The molecule has 59 heavy (non-hydrogen) atoms. The molecule has 2 aliphatic carbocycles. The molecule has 0 saturated heterocycles. The van der Waals surface area contributed by atoms with Gasteiger partial charge in [-0.15, -0.1) is 0 Å². The molecule has 0 radical (unpaired) electrons. The van der Waals surface area contributed by atoms with Crippen molar-refractivity contribution in [1.29, 1.82) is 0 Å². The first-order chi connectivity index (χ1) is 29.0. The summed E-state index contributed by atoms with van der Waals surface area (Å²) >= 11 is 0. The summed E-state index contributed by atoms with van der Waals surface area (Å²) < 4.78 is 6.30. The molecular formula is C56H38N2O. The molecule has 2 heterocycles. The van der Waals surface area contributed by atoms with Gasteiger partial charge in [-0.25, -0.2) is 9.97 Å². The monoisotopic (exact) mass is 754 g/mol. The van der Waals surface area contributed by atoms with E-state index in [1.54, 1.807) is 0 Å². The second kappa shape index (κ2) is 12.6. The van der Waals surface area contributed by atoms with Gasteiger partial charge < -0.3 is 4.42 Å². The van der Waals surface area contributed by atoms with Gasteiger partial charge in [0, 0.05) is 32.9 Å². The maximum Gasteiger partial charge on any atom is 0.160 e. The molecule has 0 saturated carbocycles. The number of nitrogens with zero attached hydrogens (tertiary/aromatic N) is 2. The van der Waals surface area contributed by atoms with Crippen LogP contribution in [0, 0.1) is 0 Å². The van der Waals surface area contributed by atoms with Gasteiger partial charge in [-0.05, 0) is 92.0 Å². The zero-order valence-corrected chi connectivity index (χ0v) is 32.8. The summed E-state index contributed by atoms with van der Waals surface area (Å²) in [4.78, 5) is 10.3. The highest BCUT2D eigenvalue weighted by Gasteiger charge is 2.53. The summed E-state index contributed by atoms with van der Waals surface area (Å²) in [5, 5.41) is 2.21. The first kappa shape index (κ1) is 33.7. The van der Waals surface area contributed by atoms with Crippen LogP contribution in [0.1, 0.15) is 47.2 Å². The zero-order chi connectivity index (χ0) is 39.3. The quantitative estimate of drug-likeness (QED) is 0.180. The number of benzene rings is 8. The number of aromatic nitrogens is 2. The van der Waals surface area contributed by atoms with Crippen molar-refractivity contribution in [2.45, 2.75) is 24.7 Å². The summed E-state index contributed by atoms with van der Waals surface area (Å²) in [6, 6.07) is 70.1. The fraction of sp³-hybridized carbons (Fsp3) is 0.0714. The minimum absolute atomic E-state index is 0.127. The lowest BCUT2D eigenvalue weighted by molar-refractivity contribution is 0.563. The van der Waals surface area contributed by atoms with Gasteiger partial charge in [0.1, 0.15) is 11.2 Å². The molecule has 2 aliphatic rings. The number of hydrogen-bond acceptors (Lipinski definition) is 3. The van der Waals surface area contributed by atoms with E-state index in [1.165, 1.54) is 50.1 Å². The van der Waals surface area contributed by atoms with Crippen LogP contribution in [0.3, 0.4) is 0 Å². The van der Waals surface area contributed by atoms with Gasteiger partial charge in [-0.3, -0.25) is 0 Å². The number of hydrogen-bond donors (Lipinski definition) is 0. The molecule has 3 nitrogen and oxygen atoms in total. The van der Waals surface area contributed by atoms with Crippen LogP contribution in [0.2, 0.25) is 0 Å². The Labute approximate surface area is 343 Å². The fourth-order valence-electron chi connectivity index (χ4n) is 10.2. The Morgan fingerprint density at radius 2 is 0.898 bits per heavy atom. The minimum atomic E-state index is -0.411. The molecule has 10 aromatic rings. The maximum absolute atomic E-state index is 6.30.